The third kappa shape index (κ3) is 2.36. The predicted octanol–water partition coefficient (Wildman–Crippen LogP) is 2.82. The van der Waals surface area contributed by atoms with Gasteiger partial charge in [0.05, 0.1) is 25.0 Å². The summed E-state index contributed by atoms with van der Waals surface area (Å²) in [5.41, 5.74) is 3.35. The average molecular weight is 257 g/mol. The van der Waals surface area contributed by atoms with Crippen LogP contribution in [0.4, 0.5) is 0 Å². The Morgan fingerprint density at radius 1 is 1.37 bits per heavy atom. The summed E-state index contributed by atoms with van der Waals surface area (Å²) in [6, 6.07) is 6.57. The van der Waals surface area contributed by atoms with Crippen LogP contribution in [0.3, 0.4) is 0 Å². The van der Waals surface area contributed by atoms with Crippen LogP contribution in [-0.2, 0) is 0 Å². The van der Waals surface area contributed by atoms with E-state index in [0.717, 1.165) is 41.4 Å². The molecule has 19 heavy (non-hydrogen) atoms. The maximum absolute atomic E-state index is 5.29. The summed E-state index contributed by atoms with van der Waals surface area (Å²) >= 11 is 0. The first-order valence-corrected chi connectivity index (χ1v) is 6.71. The van der Waals surface area contributed by atoms with Crippen molar-refractivity contribution < 1.29 is 4.74 Å². The quantitative estimate of drug-likeness (QED) is 0.889. The monoisotopic (exact) mass is 257 g/mol. The SMILES string of the molecule is COc1ccc(-c2cnc(C3CCCN3)[nH]2)cc1C. The van der Waals surface area contributed by atoms with Crippen molar-refractivity contribution in [1.29, 1.82) is 0 Å². The van der Waals surface area contributed by atoms with E-state index in [2.05, 4.69) is 34.3 Å². The minimum absolute atomic E-state index is 0.382. The third-order valence-corrected chi connectivity index (χ3v) is 3.69. The van der Waals surface area contributed by atoms with Crippen LogP contribution in [0.1, 0.15) is 30.3 Å². The summed E-state index contributed by atoms with van der Waals surface area (Å²) < 4.78 is 5.29. The highest BCUT2D eigenvalue weighted by atomic mass is 16.5. The van der Waals surface area contributed by atoms with Gasteiger partial charge in [-0.25, -0.2) is 4.98 Å². The van der Waals surface area contributed by atoms with Crippen molar-refractivity contribution >= 4 is 0 Å². The summed E-state index contributed by atoms with van der Waals surface area (Å²) in [5.74, 6) is 1.96. The lowest BCUT2D eigenvalue weighted by molar-refractivity contribution is 0.412. The van der Waals surface area contributed by atoms with Crippen molar-refractivity contribution in [2.24, 2.45) is 0 Å². The number of aromatic nitrogens is 2. The Morgan fingerprint density at radius 2 is 2.26 bits per heavy atom. The molecular formula is C15H19N3O. The largest absolute Gasteiger partial charge is 0.496 e. The van der Waals surface area contributed by atoms with Crippen molar-refractivity contribution in [3.63, 3.8) is 0 Å². The fourth-order valence-electron chi connectivity index (χ4n) is 2.62. The normalized spacial score (nSPS) is 18.7. The average Bonchev–Trinajstić information content (AvgIpc) is 3.09. The van der Waals surface area contributed by atoms with Gasteiger partial charge in [0.15, 0.2) is 0 Å². The zero-order valence-electron chi connectivity index (χ0n) is 11.4. The second-order valence-corrected chi connectivity index (χ2v) is 5.02. The molecule has 0 aliphatic carbocycles. The molecule has 2 heterocycles. The molecule has 3 rings (SSSR count). The molecule has 100 valence electrons. The zero-order chi connectivity index (χ0) is 13.2. The number of aryl methyl sites for hydroxylation is 1. The Labute approximate surface area is 113 Å². The van der Waals surface area contributed by atoms with Gasteiger partial charge in [0, 0.05) is 5.56 Å². The molecule has 1 aliphatic rings. The highest BCUT2D eigenvalue weighted by molar-refractivity contribution is 5.61. The predicted molar refractivity (Wildman–Crippen MR) is 75.3 cm³/mol. The molecule has 0 saturated carbocycles. The molecule has 1 atom stereocenters. The van der Waals surface area contributed by atoms with E-state index in [9.17, 15) is 0 Å². The van der Waals surface area contributed by atoms with Gasteiger partial charge in [0.1, 0.15) is 11.6 Å². The molecular weight excluding hydrogens is 238 g/mol. The topological polar surface area (TPSA) is 49.9 Å². The van der Waals surface area contributed by atoms with Gasteiger partial charge in [-0.05, 0) is 50.1 Å². The van der Waals surface area contributed by atoms with Gasteiger partial charge in [-0.3, -0.25) is 0 Å². The summed E-state index contributed by atoms with van der Waals surface area (Å²) in [6.07, 6.45) is 4.30. The first-order chi connectivity index (χ1) is 9.28. The maximum Gasteiger partial charge on any atom is 0.123 e. The second kappa shape index (κ2) is 5.05. The van der Waals surface area contributed by atoms with Gasteiger partial charge in [0.2, 0.25) is 0 Å². The van der Waals surface area contributed by atoms with Crippen molar-refractivity contribution in [2.75, 3.05) is 13.7 Å². The van der Waals surface area contributed by atoms with Gasteiger partial charge in [-0.2, -0.15) is 0 Å². The Balaban J connectivity index is 1.87. The smallest absolute Gasteiger partial charge is 0.123 e. The molecule has 4 heteroatoms. The van der Waals surface area contributed by atoms with Crippen LogP contribution in [0.2, 0.25) is 0 Å². The number of imidazole rings is 1. The van der Waals surface area contributed by atoms with Crippen LogP contribution < -0.4 is 10.1 Å². The summed E-state index contributed by atoms with van der Waals surface area (Å²) in [5, 5.41) is 3.45. The highest BCUT2D eigenvalue weighted by Crippen LogP contribution is 2.27. The van der Waals surface area contributed by atoms with E-state index >= 15 is 0 Å². The van der Waals surface area contributed by atoms with Crippen LogP contribution in [0.25, 0.3) is 11.3 Å². The third-order valence-electron chi connectivity index (χ3n) is 3.69. The highest BCUT2D eigenvalue weighted by Gasteiger charge is 2.19. The molecule has 2 aromatic rings. The number of nitrogens with zero attached hydrogens (tertiary/aromatic N) is 1. The number of benzene rings is 1. The lowest BCUT2D eigenvalue weighted by Crippen LogP contribution is -2.14. The molecule has 1 fully saturated rings. The van der Waals surface area contributed by atoms with Crippen molar-refractivity contribution in [3.05, 3.63) is 35.8 Å². The van der Waals surface area contributed by atoms with E-state index in [1.165, 1.54) is 6.42 Å². The van der Waals surface area contributed by atoms with Gasteiger partial charge < -0.3 is 15.0 Å². The summed E-state index contributed by atoms with van der Waals surface area (Å²) in [7, 11) is 1.70. The molecule has 1 saturated heterocycles. The van der Waals surface area contributed by atoms with Gasteiger partial charge in [-0.1, -0.05) is 0 Å². The van der Waals surface area contributed by atoms with E-state index in [4.69, 9.17) is 4.74 Å². The molecule has 0 amide bonds. The van der Waals surface area contributed by atoms with Crippen molar-refractivity contribution in [3.8, 4) is 17.0 Å². The minimum atomic E-state index is 0.382. The molecule has 4 nitrogen and oxygen atoms in total. The van der Waals surface area contributed by atoms with Gasteiger partial charge in [0.25, 0.3) is 0 Å². The standard InChI is InChI=1S/C15H19N3O/c1-10-8-11(5-6-14(10)19-2)13-9-17-15(18-13)12-4-3-7-16-12/h5-6,8-9,12,16H,3-4,7H2,1-2H3,(H,17,18). The number of methoxy groups -OCH3 is 1. The Hall–Kier alpha value is -1.81. The molecule has 0 spiro atoms. The van der Waals surface area contributed by atoms with Crippen LogP contribution in [0.5, 0.6) is 5.75 Å². The van der Waals surface area contributed by atoms with E-state index in [1.807, 2.05) is 12.3 Å². The van der Waals surface area contributed by atoms with Crippen LogP contribution in [0, 0.1) is 6.92 Å². The number of nitrogens with one attached hydrogen (secondary N) is 2. The van der Waals surface area contributed by atoms with E-state index in [-0.39, 0.29) is 0 Å². The van der Waals surface area contributed by atoms with Crippen LogP contribution in [0.15, 0.2) is 24.4 Å². The Kier molecular flexibility index (Phi) is 3.25. The second-order valence-electron chi connectivity index (χ2n) is 5.02. The number of hydrogen-bond donors (Lipinski definition) is 2. The van der Waals surface area contributed by atoms with Crippen LogP contribution >= 0.6 is 0 Å². The number of H-pyrrole nitrogens is 1. The lowest BCUT2D eigenvalue weighted by atomic mass is 10.1. The fourth-order valence-corrected chi connectivity index (χ4v) is 2.62. The minimum Gasteiger partial charge on any atom is -0.496 e. The molecule has 2 N–H and O–H groups in total. The molecule has 1 aromatic carbocycles. The Morgan fingerprint density at radius 3 is 2.95 bits per heavy atom. The fraction of sp³-hybridized carbons (Fsp3) is 0.400. The Bertz CT molecular complexity index is 571. The number of hydrogen-bond acceptors (Lipinski definition) is 3. The summed E-state index contributed by atoms with van der Waals surface area (Å²) in [6.45, 7) is 3.14. The van der Waals surface area contributed by atoms with Crippen LogP contribution in [-0.4, -0.2) is 23.6 Å². The molecule has 0 bridgehead atoms. The first kappa shape index (κ1) is 12.2. The maximum atomic E-state index is 5.29. The number of aromatic amines is 1. The van der Waals surface area contributed by atoms with Gasteiger partial charge >= 0.3 is 0 Å². The van der Waals surface area contributed by atoms with E-state index < -0.39 is 0 Å². The number of rotatable bonds is 3. The van der Waals surface area contributed by atoms with Crippen molar-refractivity contribution in [1.82, 2.24) is 15.3 Å². The molecule has 1 aromatic heterocycles. The summed E-state index contributed by atoms with van der Waals surface area (Å²) in [4.78, 5) is 7.92. The van der Waals surface area contributed by atoms with Crippen molar-refractivity contribution in [2.45, 2.75) is 25.8 Å². The lowest BCUT2D eigenvalue weighted by Gasteiger charge is -2.07. The number of ether oxygens (including phenoxy) is 1. The van der Waals surface area contributed by atoms with Gasteiger partial charge in [-0.15, -0.1) is 0 Å². The molecule has 1 aliphatic heterocycles. The van der Waals surface area contributed by atoms with E-state index in [1.54, 1.807) is 7.11 Å². The molecule has 0 radical (unpaired) electrons. The molecule has 1 unspecified atom stereocenters. The first-order valence-electron chi connectivity index (χ1n) is 6.71. The van der Waals surface area contributed by atoms with E-state index in [0.29, 0.717) is 6.04 Å². The zero-order valence-corrected chi connectivity index (χ0v) is 11.4.